The summed E-state index contributed by atoms with van der Waals surface area (Å²) in [4.78, 5) is 29.1. The standard InChI is InChI=1S/C32H58N6O6/c1-20-27-9-10-37(16-23(27)5-6-28(20)43-18-29-21(2)34-19-44-29)17-26(40)15-33-32(41)24-13-30(36-31(14-24)42-4)35-25-7-11-38(12-8-25)22(3)39/h20-21,23-31,34-36,40H,5-19H2,1-4H3,(H,33,41)/t20?,21?,23?,24?,26-,27?,28?,29?,30?,31?/m0/s1. The van der Waals surface area contributed by atoms with Crippen LogP contribution in [0.25, 0.3) is 0 Å². The summed E-state index contributed by atoms with van der Waals surface area (Å²) < 4.78 is 17.7. The zero-order valence-corrected chi connectivity index (χ0v) is 27.3. The second kappa shape index (κ2) is 15.9. The molecule has 5 rings (SSSR count). The molecule has 0 aromatic heterocycles. The Labute approximate surface area is 263 Å². The van der Waals surface area contributed by atoms with Gasteiger partial charge in [-0.05, 0) is 76.2 Å². The van der Waals surface area contributed by atoms with Gasteiger partial charge in [0.05, 0.1) is 37.8 Å². The second-order valence-electron chi connectivity index (χ2n) is 14.1. The second-order valence-corrected chi connectivity index (χ2v) is 14.1. The highest BCUT2D eigenvalue weighted by Gasteiger charge is 2.41. The molecule has 12 heteroatoms. The number of aliphatic hydroxyl groups excluding tert-OH is 1. The molecule has 5 fully saturated rings. The molecule has 44 heavy (non-hydrogen) atoms. The van der Waals surface area contributed by atoms with Crippen LogP contribution in [0.1, 0.15) is 65.7 Å². The molecule has 4 saturated heterocycles. The largest absolute Gasteiger partial charge is 0.390 e. The first-order chi connectivity index (χ1) is 21.2. The van der Waals surface area contributed by atoms with Gasteiger partial charge in [0.15, 0.2) is 0 Å². The van der Waals surface area contributed by atoms with Crippen LogP contribution in [-0.4, -0.2) is 129 Å². The summed E-state index contributed by atoms with van der Waals surface area (Å²) in [5.41, 5.74) is 0. The highest BCUT2D eigenvalue weighted by atomic mass is 16.6. The van der Waals surface area contributed by atoms with Crippen molar-refractivity contribution in [1.82, 2.24) is 31.1 Å². The zero-order valence-electron chi connectivity index (χ0n) is 27.3. The first-order valence-corrected chi connectivity index (χ1v) is 17.1. The van der Waals surface area contributed by atoms with Crippen molar-refractivity contribution in [2.24, 2.45) is 23.7 Å². The van der Waals surface area contributed by atoms with Gasteiger partial charge in [0.1, 0.15) is 6.23 Å². The fourth-order valence-corrected chi connectivity index (χ4v) is 8.28. The number of nitrogens with one attached hydrogen (secondary N) is 4. The number of hydrogen-bond acceptors (Lipinski definition) is 10. The van der Waals surface area contributed by atoms with E-state index >= 15 is 0 Å². The molecule has 0 aromatic rings. The molecule has 5 aliphatic rings. The van der Waals surface area contributed by atoms with Crippen LogP contribution in [0.2, 0.25) is 0 Å². The molecule has 4 heterocycles. The summed E-state index contributed by atoms with van der Waals surface area (Å²) in [6.45, 7) is 11.7. The molecule has 0 bridgehead atoms. The molecule has 0 aromatic carbocycles. The minimum absolute atomic E-state index is 0.0233. The smallest absolute Gasteiger partial charge is 0.223 e. The van der Waals surface area contributed by atoms with Crippen LogP contribution in [0.3, 0.4) is 0 Å². The van der Waals surface area contributed by atoms with E-state index in [0.29, 0.717) is 68.7 Å². The number of likely N-dealkylation sites (tertiary alicyclic amines) is 2. The van der Waals surface area contributed by atoms with Gasteiger partial charge in [-0.1, -0.05) is 6.92 Å². The maximum atomic E-state index is 13.2. The van der Waals surface area contributed by atoms with E-state index in [4.69, 9.17) is 14.2 Å². The Balaban J connectivity index is 1.01. The van der Waals surface area contributed by atoms with Gasteiger partial charge in [-0.3, -0.25) is 25.5 Å². The average Bonchev–Trinajstić information content (AvgIpc) is 3.43. The molecule has 12 nitrogen and oxygen atoms in total. The van der Waals surface area contributed by atoms with Crippen molar-refractivity contribution in [3.8, 4) is 0 Å². The van der Waals surface area contributed by atoms with Crippen LogP contribution in [-0.2, 0) is 23.8 Å². The van der Waals surface area contributed by atoms with Crippen molar-refractivity contribution in [2.45, 2.75) is 109 Å². The number of β-amino-alcohol motifs (C(OH)–C–C–N with tert-alkyl or cyclic N) is 1. The normalized spacial score (nSPS) is 37.8. The number of piperidine rings is 3. The van der Waals surface area contributed by atoms with Crippen molar-refractivity contribution in [3.63, 3.8) is 0 Å². The number of methoxy groups -OCH3 is 1. The number of aliphatic hydroxyl groups is 1. The summed E-state index contributed by atoms with van der Waals surface area (Å²) >= 11 is 0. The quantitative estimate of drug-likeness (QED) is 0.221. The van der Waals surface area contributed by atoms with Crippen molar-refractivity contribution < 1.29 is 28.9 Å². The predicted octanol–water partition coefficient (Wildman–Crippen LogP) is 0.450. The van der Waals surface area contributed by atoms with Gasteiger partial charge < -0.3 is 34.4 Å². The van der Waals surface area contributed by atoms with Crippen LogP contribution in [0.4, 0.5) is 0 Å². The molecule has 4 aliphatic heterocycles. The van der Waals surface area contributed by atoms with Crippen molar-refractivity contribution in [1.29, 1.82) is 0 Å². The van der Waals surface area contributed by atoms with E-state index in [9.17, 15) is 14.7 Å². The van der Waals surface area contributed by atoms with Crippen LogP contribution >= 0.6 is 0 Å². The third-order valence-electron chi connectivity index (χ3n) is 11.1. The molecule has 252 valence electrons. The topological polar surface area (TPSA) is 137 Å². The summed E-state index contributed by atoms with van der Waals surface area (Å²) in [5, 5.41) is 24.4. The summed E-state index contributed by atoms with van der Waals surface area (Å²) in [6, 6.07) is 0.637. The lowest BCUT2D eigenvalue weighted by Crippen LogP contribution is -2.59. The van der Waals surface area contributed by atoms with Crippen LogP contribution < -0.4 is 21.3 Å². The first kappa shape index (κ1) is 34.0. The maximum Gasteiger partial charge on any atom is 0.223 e. The summed E-state index contributed by atoms with van der Waals surface area (Å²) in [7, 11) is 1.66. The molecule has 0 radical (unpaired) electrons. The fraction of sp³-hybridized carbons (Fsp3) is 0.938. The van der Waals surface area contributed by atoms with Gasteiger partial charge in [-0.2, -0.15) is 0 Å². The highest BCUT2D eigenvalue weighted by Crippen LogP contribution is 2.41. The van der Waals surface area contributed by atoms with Crippen molar-refractivity contribution in [3.05, 3.63) is 0 Å². The Morgan fingerprint density at radius 1 is 1.09 bits per heavy atom. The molecule has 9 unspecified atom stereocenters. The number of nitrogens with zero attached hydrogens (tertiary/aromatic N) is 2. The minimum atomic E-state index is -0.602. The summed E-state index contributed by atoms with van der Waals surface area (Å²) in [5.74, 6) is 1.71. The molecule has 10 atom stereocenters. The maximum absolute atomic E-state index is 13.2. The third kappa shape index (κ3) is 8.90. The SMILES string of the molecule is COC1CC(C(=O)NC[C@H](O)CN2CCC3C(CCC(OCC4OCNC4C)C3C)C2)CC(NC2CCN(C(C)=O)CC2)N1. The Morgan fingerprint density at radius 2 is 1.89 bits per heavy atom. The van der Waals surface area contributed by atoms with Gasteiger partial charge in [-0.25, -0.2) is 0 Å². The van der Waals surface area contributed by atoms with E-state index in [1.807, 2.05) is 4.90 Å². The van der Waals surface area contributed by atoms with E-state index in [-0.39, 0.29) is 42.8 Å². The lowest BCUT2D eigenvalue weighted by atomic mass is 9.68. The number of fused-ring (bicyclic) bond motifs is 1. The Morgan fingerprint density at radius 3 is 2.59 bits per heavy atom. The van der Waals surface area contributed by atoms with Crippen molar-refractivity contribution >= 4 is 11.8 Å². The third-order valence-corrected chi connectivity index (χ3v) is 11.1. The van der Waals surface area contributed by atoms with Gasteiger partial charge in [0, 0.05) is 64.8 Å². The molecule has 1 saturated carbocycles. The number of amides is 2. The Hall–Kier alpha value is -1.38. The zero-order chi connectivity index (χ0) is 31.2. The van der Waals surface area contributed by atoms with E-state index in [0.717, 1.165) is 58.3 Å². The van der Waals surface area contributed by atoms with E-state index in [2.05, 4.69) is 40.0 Å². The van der Waals surface area contributed by atoms with Gasteiger partial charge >= 0.3 is 0 Å². The Bertz CT molecular complexity index is 937. The van der Waals surface area contributed by atoms with E-state index in [1.165, 1.54) is 0 Å². The lowest BCUT2D eigenvalue weighted by molar-refractivity contribution is -0.131. The van der Waals surface area contributed by atoms with E-state index < -0.39 is 6.10 Å². The molecule has 2 amide bonds. The number of ether oxygens (including phenoxy) is 3. The number of hydrogen-bond donors (Lipinski definition) is 5. The molecular formula is C32H58N6O6. The number of rotatable bonds is 11. The summed E-state index contributed by atoms with van der Waals surface area (Å²) in [6.07, 6.45) is 6.00. The highest BCUT2D eigenvalue weighted by molar-refractivity contribution is 5.78. The molecular weight excluding hydrogens is 564 g/mol. The monoisotopic (exact) mass is 622 g/mol. The molecule has 5 N–H and O–H groups in total. The van der Waals surface area contributed by atoms with Crippen molar-refractivity contribution in [2.75, 3.05) is 59.7 Å². The Kier molecular flexibility index (Phi) is 12.3. The fourth-order valence-electron chi connectivity index (χ4n) is 8.28. The van der Waals surface area contributed by atoms with Gasteiger partial charge in [0.25, 0.3) is 0 Å². The molecule has 1 aliphatic carbocycles. The number of carbonyl (C=O) groups excluding carboxylic acids is 2. The van der Waals surface area contributed by atoms with Crippen LogP contribution in [0.15, 0.2) is 0 Å². The van der Waals surface area contributed by atoms with Crippen LogP contribution in [0.5, 0.6) is 0 Å². The predicted molar refractivity (Wildman–Crippen MR) is 166 cm³/mol. The van der Waals surface area contributed by atoms with Gasteiger partial charge in [0.2, 0.25) is 11.8 Å². The first-order valence-electron chi connectivity index (χ1n) is 17.1. The number of carbonyl (C=O) groups is 2. The van der Waals surface area contributed by atoms with Gasteiger partial charge in [-0.15, -0.1) is 0 Å². The van der Waals surface area contributed by atoms with E-state index in [1.54, 1.807) is 14.0 Å². The average molecular weight is 623 g/mol. The molecule has 0 spiro atoms. The van der Waals surface area contributed by atoms with Crippen LogP contribution in [0, 0.1) is 23.7 Å². The lowest BCUT2D eigenvalue weighted by Gasteiger charge is -2.47. The minimum Gasteiger partial charge on any atom is -0.390 e.